The summed E-state index contributed by atoms with van der Waals surface area (Å²) in [5, 5.41) is 26.5. The number of carboxylic acids is 1. The van der Waals surface area contributed by atoms with Crippen molar-refractivity contribution in [2.24, 2.45) is 0 Å². The maximum atomic E-state index is 15.2. The van der Waals surface area contributed by atoms with Crippen molar-refractivity contribution in [3.8, 4) is 5.69 Å². The van der Waals surface area contributed by atoms with Crippen LogP contribution in [0, 0.1) is 17.5 Å². The molecule has 2 atom stereocenters. The van der Waals surface area contributed by atoms with Crippen LogP contribution in [0.1, 0.15) is 16.8 Å². The lowest BCUT2D eigenvalue weighted by Crippen LogP contribution is -2.39. The molecule has 14 heteroatoms. The van der Waals surface area contributed by atoms with Crippen LogP contribution in [0.4, 0.5) is 19.0 Å². The first-order chi connectivity index (χ1) is 18.2. The van der Waals surface area contributed by atoms with Gasteiger partial charge in [-0.2, -0.15) is 5.10 Å². The highest BCUT2D eigenvalue weighted by Crippen LogP contribution is 2.27. The summed E-state index contributed by atoms with van der Waals surface area (Å²) in [4.78, 5) is 34.2. The van der Waals surface area contributed by atoms with E-state index in [0.29, 0.717) is 25.6 Å². The quantitative estimate of drug-likeness (QED) is 0.309. The van der Waals surface area contributed by atoms with Crippen molar-refractivity contribution < 1.29 is 28.2 Å². The molecule has 1 aromatic carbocycles. The van der Waals surface area contributed by atoms with Crippen molar-refractivity contribution in [3.63, 3.8) is 0 Å². The standard InChI is InChI=1S/C24H22F3N7O4/c25-13-1-2-20(18(26)5-13)34-10-17(24(37)38)21(36)16-6-19(27)23(31-22(16)34)32-4-3-14(8-32)29-7-15(35)9-33-12-28-11-30-33/h1-2,5-6,10-12,14-15,29,35H,3-4,7-9H2,(H,37,38). The number of halogens is 3. The third-order valence-electron chi connectivity index (χ3n) is 6.31. The van der Waals surface area contributed by atoms with E-state index in [1.165, 1.54) is 17.3 Å². The lowest BCUT2D eigenvalue weighted by atomic mass is 10.1. The van der Waals surface area contributed by atoms with E-state index in [0.717, 1.165) is 29.0 Å². The van der Waals surface area contributed by atoms with Crippen LogP contribution in [0.15, 0.2) is 47.9 Å². The number of benzene rings is 1. The minimum absolute atomic E-state index is 0.108. The molecule has 0 aliphatic carbocycles. The molecule has 2 unspecified atom stereocenters. The Morgan fingerprint density at radius 1 is 1.21 bits per heavy atom. The number of aliphatic hydroxyl groups excluding tert-OH is 1. The van der Waals surface area contributed by atoms with Gasteiger partial charge in [0.15, 0.2) is 17.3 Å². The fourth-order valence-corrected chi connectivity index (χ4v) is 4.48. The van der Waals surface area contributed by atoms with Crippen molar-refractivity contribution >= 4 is 22.8 Å². The number of fused-ring (bicyclic) bond motifs is 1. The fourth-order valence-electron chi connectivity index (χ4n) is 4.48. The van der Waals surface area contributed by atoms with Crippen LogP contribution in [-0.2, 0) is 6.54 Å². The van der Waals surface area contributed by atoms with Crippen LogP contribution in [0.25, 0.3) is 16.7 Å². The van der Waals surface area contributed by atoms with Gasteiger partial charge in [-0.15, -0.1) is 0 Å². The number of nitrogens with one attached hydrogen (secondary N) is 1. The van der Waals surface area contributed by atoms with Gasteiger partial charge in [-0.25, -0.2) is 27.9 Å². The normalized spacial score (nSPS) is 16.3. The topological polar surface area (TPSA) is 138 Å². The number of carbonyl (C=O) groups is 1. The SMILES string of the molecule is O=C(O)c1cn(-c2ccc(F)cc2F)c2nc(N3CCC(NCC(O)Cn4cncn4)C3)c(F)cc2c1=O. The zero-order valence-electron chi connectivity index (χ0n) is 19.8. The largest absolute Gasteiger partial charge is 0.477 e. The molecule has 38 heavy (non-hydrogen) atoms. The second-order valence-electron chi connectivity index (χ2n) is 8.92. The average molecular weight is 529 g/mol. The monoisotopic (exact) mass is 529 g/mol. The van der Waals surface area contributed by atoms with Gasteiger partial charge in [0.05, 0.1) is 23.7 Å². The number of anilines is 1. The first kappa shape index (κ1) is 25.4. The Hall–Kier alpha value is -4.30. The average Bonchev–Trinajstić information content (AvgIpc) is 3.55. The Bertz CT molecular complexity index is 1560. The molecule has 4 aromatic rings. The Morgan fingerprint density at radius 2 is 2.03 bits per heavy atom. The molecule has 0 amide bonds. The van der Waals surface area contributed by atoms with Gasteiger partial charge in [-0.1, -0.05) is 0 Å². The van der Waals surface area contributed by atoms with Gasteiger partial charge in [0.1, 0.15) is 29.9 Å². The molecular weight excluding hydrogens is 507 g/mol. The number of aromatic nitrogens is 5. The highest BCUT2D eigenvalue weighted by Gasteiger charge is 2.28. The van der Waals surface area contributed by atoms with E-state index < -0.39 is 40.5 Å². The van der Waals surface area contributed by atoms with Crippen LogP contribution >= 0.6 is 0 Å². The summed E-state index contributed by atoms with van der Waals surface area (Å²) >= 11 is 0. The summed E-state index contributed by atoms with van der Waals surface area (Å²) in [6, 6.07) is 3.43. The molecule has 11 nitrogen and oxygen atoms in total. The van der Waals surface area contributed by atoms with Crippen molar-refractivity contribution in [1.82, 2.24) is 29.6 Å². The minimum atomic E-state index is -1.59. The zero-order chi connectivity index (χ0) is 27.0. The molecule has 1 aliphatic rings. The lowest BCUT2D eigenvalue weighted by molar-refractivity contribution is 0.0695. The molecule has 0 spiro atoms. The first-order valence-electron chi connectivity index (χ1n) is 11.6. The molecule has 1 fully saturated rings. The number of pyridine rings is 2. The minimum Gasteiger partial charge on any atom is -0.477 e. The van der Waals surface area contributed by atoms with E-state index in [-0.39, 0.29) is 41.7 Å². The van der Waals surface area contributed by atoms with E-state index in [9.17, 15) is 28.6 Å². The number of aromatic carboxylic acids is 1. The van der Waals surface area contributed by atoms with Crippen molar-refractivity contribution in [1.29, 1.82) is 0 Å². The molecule has 0 bridgehead atoms. The van der Waals surface area contributed by atoms with Gasteiger partial charge in [-0.05, 0) is 24.6 Å². The molecule has 0 radical (unpaired) electrons. The van der Waals surface area contributed by atoms with Crippen molar-refractivity contribution in [2.75, 3.05) is 24.5 Å². The molecule has 5 rings (SSSR count). The van der Waals surface area contributed by atoms with Gasteiger partial charge in [0.25, 0.3) is 0 Å². The molecule has 0 saturated carbocycles. The molecule has 198 valence electrons. The second kappa shape index (κ2) is 10.2. The number of hydrogen-bond acceptors (Lipinski definition) is 8. The summed E-state index contributed by atoms with van der Waals surface area (Å²) in [6.45, 7) is 1.23. The Balaban J connectivity index is 1.45. The van der Waals surface area contributed by atoms with Crippen molar-refractivity contribution in [2.45, 2.75) is 25.1 Å². The van der Waals surface area contributed by atoms with Gasteiger partial charge < -0.3 is 20.4 Å². The van der Waals surface area contributed by atoms with Crippen LogP contribution in [0.2, 0.25) is 0 Å². The van der Waals surface area contributed by atoms with Crippen LogP contribution in [0.5, 0.6) is 0 Å². The summed E-state index contributed by atoms with van der Waals surface area (Å²) in [5.41, 5.74) is -2.13. The smallest absolute Gasteiger partial charge is 0.341 e. The van der Waals surface area contributed by atoms with E-state index in [1.807, 2.05) is 0 Å². The number of nitrogens with zero attached hydrogens (tertiary/aromatic N) is 6. The van der Waals surface area contributed by atoms with Gasteiger partial charge >= 0.3 is 5.97 Å². The summed E-state index contributed by atoms with van der Waals surface area (Å²) < 4.78 is 45.9. The predicted octanol–water partition coefficient (Wildman–Crippen LogP) is 1.32. The number of hydrogen-bond donors (Lipinski definition) is 3. The van der Waals surface area contributed by atoms with E-state index in [4.69, 9.17) is 0 Å². The summed E-state index contributed by atoms with van der Waals surface area (Å²) in [5.74, 6) is -4.42. The third-order valence-corrected chi connectivity index (χ3v) is 6.31. The maximum absolute atomic E-state index is 15.2. The highest BCUT2D eigenvalue weighted by atomic mass is 19.1. The molecule has 3 aromatic heterocycles. The number of aliphatic hydroxyl groups is 1. The molecule has 1 aliphatic heterocycles. The maximum Gasteiger partial charge on any atom is 0.341 e. The van der Waals surface area contributed by atoms with Gasteiger partial charge in [0.2, 0.25) is 5.43 Å². The molecule has 3 N–H and O–H groups in total. The second-order valence-corrected chi connectivity index (χ2v) is 8.92. The Morgan fingerprint density at radius 3 is 2.74 bits per heavy atom. The van der Waals surface area contributed by atoms with E-state index in [2.05, 4.69) is 20.4 Å². The zero-order valence-corrected chi connectivity index (χ0v) is 19.8. The summed E-state index contributed by atoms with van der Waals surface area (Å²) in [6.07, 6.45) is 3.62. The third kappa shape index (κ3) is 4.95. The van der Waals surface area contributed by atoms with Gasteiger partial charge in [0, 0.05) is 37.9 Å². The lowest BCUT2D eigenvalue weighted by Gasteiger charge is -2.21. The van der Waals surface area contributed by atoms with Crippen molar-refractivity contribution in [3.05, 3.63) is 76.4 Å². The molecular formula is C24H22F3N7O4. The first-order valence-corrected chi connectivity index (χ1v) is 11.6. The fraction of sp³-hybridized carbons (Fsp3) is 0.292. The number of rotatable bonds is 8. The van der Waals surface area contributed by atoms with Crippen LogP contribution in [-0.4, -0.2) is 72.3 Å². The van der Waals surface area contributed by atoms with E-state index in [1.54, 1.807) is 4.90 Å². The highest BCUT2D eigenvalue weighted by molar-refractivity contribution is 5.92. The number of carboxylic acid groups (broad SMARTS) is 1. The van der Waals surface area contributed by atoms with Gasteiger partial charge in [-0.3, -0.25) is 14.0 Å². The van der Waals surface area contributed by atoms with Crippen LogP contribution in [0.3, 0.4) is 0 Å². The summed E-state index contributed by atoms with van der Waals surface area (Å²) in [7, 11) is 0. The van der Waals surface area contributed by atoms with Crippen LogP contribution < -0.4 is 15.6 Å². The Kier molecular flexibility index (Phi) is 6.82. The molecule has 1 saturated heterocycles. The Labute approximate surface area is 212 Å². The predicted molar refractivity (Wildman–Crippen MR) is 129 cm³/mol. The van der Waals surface area contributed by atoms with E-state index >= 15 is 4.39 Å². The molecule has 4 heterocycles.